The molecule has 26 heavy (non-hydrogen) atoms. The van der Waals surface area contributed by atoms with Gasteiger partial charge in [-0.15, -0.1) is 0 Å². The van der Waals surface area contributed by atoms with E-state index in [4.69, 9.17) is 4.42 Å². The SMILES string of the molecule is BC1=C(B)c2occ(C(=O)c3ccc(-n4ccnc4)cc3)c2C(=O)C1=O. The Morgan fingerprint density at radius 2 is 1.77 bits per heavy atom. The van der Waals surface area contributed by atoms with Crippen molar-refractivity contribution in [1.82, 2.24) is 9.55 Å². The summed E-state index contributed by atoms with van der Waals surface area (Å²) in [6.45, 7) is 0. The van der Waals surface area contributed by atoms with Gasteiger partial charge < -0.3 is 8.98 Å². The van der Waals surface area contributed by atoms with Crippen LogP contribution in [0.2, 0.25) is 0 Å². The van der Waals surface area contributed by atoms with Gasteiger partial charge in [0.1, 0.15) is 27.7 Å². The number of aromatic nitrogens is 2. The molecule has 0 saturated heterocycles. The fraction of sp³-hybridized carbons (Fsp3) is 0. The largest absolute Gasteiger partial charge is 0.464 e. The quantitative estimate of drug-likeness (QED) is 0.391. The number of allylic oxidation sites excluding steroid dienone is 1. The van der Waals surface area contributed by atoms with E-state index in [1.165, 1.54) is 6.26 Å². The lowest BCUT2D eigenvalue weighted by Crippen LogP contribution is -2.25. The van der Waals surface area contributed by atoms with Gasteiger partial charge >= 0.3 is 0 Å². The van der Waals surface area contributed by atoms with Crippen LogP contribution in [0.4, 0.5) is 0 Å². The van der Waals surface area contributed by atoms with Gasteiger partial charge in [0.15, 0.2) is 5.78 Å². The van der Waals surface area contributed by atoms with Crippen molar-refractivity contribution in [2.24, 2.45) is 0 Å². The highest BCUT2D eigenvalue weighted by molar-refractivity contribution is 6.68. The van der Waals surface area contributed by atoms with E-state index in [1.54, 1.807) is 58.7 Å². The van der Waals surface area contributed by atoms with Crippen LogP contribution in [0.3, 0.4) is 0 Å². The Hall–Kier alpha value is -3.41. The average molecular weight is 342 g/mol. The second-order valence-corrected chi connectivity index (χ2v) is 6.11. The highest BCUT2D eigenvalue weighted by atomic mass is 16.3. The van der Waals surface area contributed by atoms with Crippen molar-refractivity contribution in [3.63, 3.8) is 0 Å². The standard InChI is InChI=1S/C18H12B2N2O4/c19-13-14(20)18-12(16(24)17(13)25)11(7-26-18)15(23)9-1-3-10(4-2-9)22-6-5-21-8-22/h1-8H,19-20H2. The molecule has 1 aliphatic carbocycles. The van der Waals surface area contributed by atoms with Gasteiger partial charge in [0.05, 0.1) is 17.5 Å². The first-order valence-corrected chi connectivity index (χ1v) is 8.00. The maximum atomic E-state index is 12.9. The number of ketones is 3. The third-order valence-corrected chi connectivity index (χ3v) is 4.64. The van der Waals surface area contributed by atoms with Crippen LogP contribution in [-0.4, -0.2) is 42.6 Å². The van der Waals surface area contributed by atoms with Crippen LogP contribution >= 0.6 is 0 Å². The Balaban J connectivity index is 1.74. The summed E-state index contributed by atoms with van der Waals surface area (Å²) in [5, 5.41) is 0. The van der Waals surface area contributed by atoms with E-state index in [9.17, 15) is 14.4 Å². The Morgan fingerprint density at radius 1 is 1.04 bits per heavy atom. The smallest absolute Gasteiger partial charge is 0.236 e. The molecule has 0 radical (unpaired) electrons. The van der Waals surface area contributed by atoms with Gasteiger partial charge in [-0.1, -0.05) is 0 Å². The van der Waals surface area contributed by atoms with E-state index in [0.29, 0.717) is 22.3 Å². The van der Waals surface area contributed by atoms with E-state index in [-0.39, 0.29) is 16.9 Å². The number of carbonyl (C=O) groups excluding carboxylic acids is 3. The molecule has 2 heterocycles. The molecule has 0 aliphatic heterocycles. The summed E-state index contributed by atoms with van der Waals surface area (Å²) < 4.78 is 7.26. The van der Waals surface area contributed by atoms with Crippen molar-refractivity contribution in [2.45, 2.75) is 0 Å². The summed E-state index contributed by atoms with van der Waals surface area (Å²) in [6.07, 6.45) is 6.37. The van der Waals surface area contributed by atoms with Crippen LogP contribution in [0.1, 0.15) is 32.0 Å². The molecule has 0 bridgehead atoms. The molecule has 0 unspecified atom stereocenters. The van der Waals surface area contributed by atoms with Crippen LogP contribution < -0.4 is 0 Å². The number of hydrogen-bond donors (Lipinski definition) is 0. The summed E-state index contributed by atoms with van der Waals surface area (Å²) in [5.74, 6) is -1.36. The molecule has 6 nitrogen and oxygen atoms in total. The number of nitrogens with zero attached hydrogens (tertiary/aromatic N) is 2. The van der Waals surface area contributed by atoms with Crippen molar-refractivity contribution in [3.05, 3.63) is 77.2 Å². The minimum Gasteiger partial charge on any atom is -0.464 e. The van der Waals surface area contributed by atoms with Gasteiger partial charge in [-0.2, -0.15) is 0 Å². The van der Waals surface area contributed by atoms with Gasteiger partial charge in [0.2, 0.25) is 11.6 Å². The molecule has 1 aliphatic rings. The van der Waals surface area contributed by atoms with E-state index in [1.807, 2.05) is 4.57 Å². The van der Waals surface area contributed by atoms with Gasteiger partial charge in [-0.05, 0) is 35.2 Å². The molecule has 0 saturated carbocycles. The molecular formula is C18H12B2N2O4. The number of hydrogen-bond acceptors (Lipinski definition) is 5. The Bertz CT molecular complexity index is 1090. The highest BCUT2D eigenvalue weighted by Gasteiger charge is 2.35. The molecular weight excluding hydrogens is 330 g/mol. The van der Waals surface area contributed by atoms with Gasteiger partial charge in [0, 0.05) is 23.6 Å². The fourth-order valence-electron chi connectivity index (χ4n) is 3.00. The molecule has 3 aromatic rings. The molecule has 2 aromatic heterocycles. The maximum absolute atomic E-state index is 12.9. The first-order valence-electron chi connectivity index (χ1n) is 8.00. The number of rotatable bonds is 3. The van der Waals surface area contributed by atoms with Crippen molar-refractivity contribution >= 4 is 38.5 Å². The summed E-state index contributed by atoms with van der Waals surface area (Å²) in [4.78, 5) is 41.4. The summed E-state index contributed by atoms with van der Waals surface area (Å²) >= 11 is 0. The fourth-order valence-corrected chi connectivity index (χ4v) is 3.00. The van der Waals surface area contributed by atoms with E-state index < -0.39 is 11.6 Å². The summed E-state index contributed by atoms with van der Waals surface area (Å²) in [5.41, 5.74) is 2.36. The zero-order valence-corrected chi connectivity index (χ0v) is 14.1. The monoisotopic (exact) mass is 342 g/mol. The average Bonchev–Trinajstić information content (AvgIpc) is 3.34. The Labute approximate surface area is 150 Å². The van der Waals surface area contributed by atoms with Crippen LogP contribution in [0.25, 0.3) is 11.2 Å². The first-order chi connectivity index (χ1) is 12.5. The lowest BCUT2D eigenvalue weighted by atomic mass is 9.70. The second-order valence-electron chi connectivity index (χ2n) is 6.11. The molecule has 0 N–H and O–H groups in total. The van der Waals surface area contributed by atoms with Crippen LogP contribution in [0.5, 0.6) is 0 Å². The molecule has 4 rings (SSSR count). The molecule has 1 aromatic carbocycles. The molecule has 0 amide bonds. The zero-order valence-electron chi connectivity index (χ0n) is 14.1. The lowest BCUT2D eigenvalue weighted by Gasteiger charge is -2.13. The summed E-state index contributed by atoms with van der Waals surface area (Å²) in [6, 6.07) is 6.90. The number of benzene rings is 1. The Kier molecular flexibility index (Phi) is 3.61. The molecule has 0 atom stereocenters. The van der Waals surface area contributed by atoms with E-state index in [0.717, 1.165) is 5.69 Å². The third kappa shape index (κ3) is 2.30. The Morgan fingerprint density at radius 3 is 2.42 bits per heavy atom. The summed E-state index contributed by atoms with van der Waals surface area (Å²) in [7, 11) is 3.29. The van der Waals surface area contributed by atoms with Crippen molar-refractivity contribution < 1.29 is 18.8 Å². The number of imidazole rings is 1. The van der Waals surface area contributed by atoms with Crippen molar-refractivity contribution in [1.29, 1.82) is 0 Å². The predicted octanol–water partition coefficient (Wildman–Crippen LogP) is 0.396. The van der Waals surface area contributed by atoms with E-state index in [2.05, 4.69) is 4.98 Å². The third-order valence-electron chi connectivity index (χ3n) is 4.64. The topological polar surface area (TPSA) is 82.2 Å². The van der Waals surface area contributed by atoms with Crippen LogP contribution in [0.15, 0.2) is 59.1 Å². The zero-order chi connectivity index (χ0) is 18.4. The van der Waals surface area contributed by atoms with Crippen molar-refractivity contribution in [2.75, 3.05) is 0 Å². The number of carbonyl (C=O) groups is 3. The lowest BCUT2D eigenvalue weighted by molar-refractivity contribution is -0.111. The second kappa shape index (κ2) is 5.84. The molecule has 0 spiro atoms. The van der Waals surface area contributed by atoms with Crippen molar-refractivity contribution in [3.8, 4) is 5.69 Å². The first kappa shape index (κ1) is 16.1. The van der Waals surface area contributed by atoms with Gasteiger partial charge in [-0.3, -0.25) is 14.4 Å². The predicted molar refractivity (Wildman–Crippen MR) is 99.0 cm³/mol. The number of fused-ring (bicyclic) bond motifs is 1. The minimum atomic E-state index is -0.699. The highest BCUT2D eigenvalue weighted by Crippen LogP contribution is 2.31. The van der Waals surface area contributed by atoms with E-state index >= 15 is 0 Å². The normalized spacial score (nSPS) is 13.8. The number of Topliss-reactive ketones (excluding diaryl/α,β-unsaturated/α-hetero) is 2. The molecule has 124 valence electrons. The maximum Gasteiger partial charge on any atom is 0.236 e. The van der Waals surface area contributed by atoms with Crippen LogP contribution in [0, 0.1) is 0 Å². The van der Waals surface area contributed by atoms with Crippen LogP contribution in [-0.2, 0) is 4.79 Å². The number of furan rings is 1. The minimum absolute atomic E-state index is 0.0572. The molecule has 8 heteroatoms. The van der Waals surface area contributed by atoms with Gasteiger partial charge in [-0.25, -0.2) is 4.98 Å². The van der Waals surface area contributed by atoms with Gasteiger partial charge in [0.25, 0.3) is 0 Å². The molecule has 0 fully saturated rings.